The molecule has 0 fully saturated rings. The van der Waals surface area contributed by atoms with Crippen molar-refractivity contribution in [3.8, 4) is 11.3 Å². The van der Waals surface area contributed by atoms with Crippen LogP contribution in [0.25, 0.3) is 22.3 Å². The maximum Gasteiger partial charge on any atom is 0.159 e. The fraction of sp³-hybridized carbons (Fsp3) is 0. The Kier molecular flexibility index (Phi) is 2.59. The number of halogens is 2. The quantitative estimate of drug-likeness (QED) is 0.728. The van der Waals surface area contributed by atoms with E-state index < -0.39 is 11.6 Å². The van der Waals surface area contributed by atoms with E-state index >= 15 is 0 Å². The summed E-state index contributed by atoms with van der Waals surface area (Å²) < 4.78 is 26.2. The number of nitrogens with zero attached hydrogens (tertiary/aromatic N) is 2. The average molecular weight is 257 g/mol. The summed E-state index contributed by atoms with van der Waals surface area (Å²) >= 11 is 0. The summed E-state index contributed by atoms with van der Waals surface area (Å²) in [5.41, 5.74) is 7.87. The predicted octanol–water partition coefficient (Wildman–Crippen LogP) is 3.16. The van der Waals surface area contributed by atoms with Crippen LogP contribution in [0.5, 0.6) is 0 Å². The molecule has 0 amide bonds. The molecular formula is C14H9F2N3. The third-order valence-electron chi connectivity index (χ3n) is 2.79. The summed E-state index contributed by atoms with van der Waals surface area (Å²) in [5, 5.41) is 0. The number of rotatable bonds is 1. The van der Waals surface area contributed by atoms with Crippen LogP contribution >= 0.6 is 0 Å². The molecule has 0 aliphatic carbocycles. The molecule has 3 rings (SSSR count). The van der Waals surface area contributed by atoms with Gasteiger partial charge in [-0.2, -0.15) is 0 Å². The molecule has 0 bridgehead atoms. The molecule has 0 spiro atoms. The predicted molar refractivity (Wildman–Crippen MR) is 69.3 cm³/mol. The van der Waals surface area contributed by atoms with Crippen molar-refractivity contribution < 1.29 is 8.78 Å². The summed E-state index contributed by atoms with van der Waals surface area (Å²) in [7, 11) is 0. The van der Waals surface area contributed by atoms with Gasteiger partial charge in [-0.05, 0) is 30.3 Å². The topological polar surface area (TPSA) is 51.8 Å². The van der Waals surface area contributed by atoms with Crippen molar-refractivity contribution in [2.45, 2.75) is 0 Å². The first-order chi connectivity index (χ1) is 9.15. The van der Waals surface area contributed by atoms with Crippen LogP contribution in [0.4, 0.5) is 14.6 Å². The molecular weight excluding hydrogens is 248 g/mol. The molecule has 5 heteroatoms. The van der Waals surface area contributed by atoms with Gasteiger partial charge in [0.1, 0.15) is 5.69 Å². The van der Waals surface area contributed by atoms with E-state index in [1.165, 1.54) is 6.07 Å². The minimum atomic E-state index is -0.938. The Balaban J connectivity index is 2.23. The van der Waals surface area contributed by atoms with E-state index in [4.69, 9.17) is 5.73 Å². The number of hydrogen-bond donors (Lipinski definition) is 1. The van der Waals surface area contributed by atoms with Crippen molar-refractivity contribution in [2.75, 3.05) is 5.73 Å². The maximum absolute atomic E-state index is 13.2. The second-order valence-corrected chi connectivity index (χ2v) is 4.08. The number of para-hydroxylation sites is 2. The third-order valence-corrected chi connectivity index (χ3v) is 2.79. The molecule has 0 aliphatic rings. The third kappa shape index (κ3) is 1.99. The van der Waals surface area contributed by atoms with Gasteiger partial charge in [0, 0.05) is 5.56 Å². The smallest absolute Gasteiger partial charge is 0.159 e. The number of nitrogens with two attached hydrogens (primary N) is 1. The number of benzene rings is 2. The highest BCUT2D eigenvalue weighted by molar-refractivity contribution is 5.82. The highest BCUT2D eigenvalue weighted by atomic mass is 19.2. The summed E-state index contributed by atoms with van der Waals surface area (Å²) in [6, 6.07) is 10.7. The van der Waals surface area contributed by atoms with Crippen LogP contribution in [-0.2, 0) is 0 Å². The zero-order chi connectivity index (χ0) is 13.4. The molecule has 3 nitrogen and oxygen atoms in total. The molecule has 1 heterocycles. The fourth-order valence-corrected chi connectivity index (χ4v) is 1.87. The zero-order valence-corrected chi connectivity index (χ0v) is 9.77. The van der Waals surface area contributed by atoms with E-state index in [0.29, 0.717) is 22.3 Å². The molecule has 0 radical (unpaired) electrons. The van der Waals surface area contributed by atoms with Crippen LogP contribution in [0.15, 0.2) is 42.5 Å². The number of aromatic nitrogens is 2. The van der Waals surface area contributed by atoms with Gasteiger partial charge in [-0.3, -0.25) is 0 Å². The normalized spacial score (nSPS) is 10.8. The van der Waals surface area contributed by atoms with Gasteiger partial charge >= 0.3 is 0 Å². The van der Waals surface area contributed by atoms with E-state index in [1.807, 2.05) is 12.1 Å². The SMILES string of the molecule is Nc1nc2ccccc2nc1-c1ccc(F)c(F)c1. The van der Waals surface area contributed by atoms with Crippen LogP contribution in [-0.4, -0.2) is 9.97 Å². The fourth-order valence-electron chi connectivity index (χ4n) is 1.87. The Morgan fingerprint density at radius 3 is 2.21 bits per heavy atom. The van der Waals surface area contributed by atoms with Gasteiger partial charge in [0.15, 0.2) is 17.5 Å². The molecule has 19 heavy (non-hydrogen) atoms. The summed E-state index contributed by atoms with van der Waals surface area (Å²) in [6.45, 7) is 0. The Bertz CT molecular complexity index is 772. The lowest BCUT2D eigenvalue weighted by Crippen LogP contribution is -1.99. The monoisotopic (exact) mass is 257 g/mol. The van der Waals surface area contributed by atoms with Crippen molar-refractivity contribution >= 4 is 16.9 Å². The van der Waals surface area contributed by atoms with Crippen molar-refractivity contribution in [3.05, 3.63) is 54.1 Å². The zero-order valence-electron chi connectivity index (χ0n) is 9.77. The Hall–Kier alpha value is -2.56. The number of anilines is 1. The van der Waals surface area contributed by atoms with E-state index in [2.05, 4.69) is 9.97 Å². The molecule has 94 valence electrons. The van der Waals surface area contributed by atoms with Crippen LogP contribution in [0.2, 0.25) is 0 Å². The van der Waals surface area contributed by atoms with Crippen molar-refractivity contribution in [3.63, 3.8) is 0 Å². The van der Waals surface area contributed by atoms with E-state index in [-0.39, 0.29) is 5.82 Å². The van der Waals surface area contributed by atoms with Crippen molar-refractivity contribution in [2.24, 2.45) is 0 Å². The van der Waals surface area contributed by atoms with Gasteiger partial charge in [-0.15, -0.1) is 0 Å². The Morgan fingerprint density at radius 1 is 0.842 bits per heavy atom. The minimum absolute atomic E-state index is 0.185. The van der Waals surface area contributed by atoms with Crippen LogP contribution in [0, 0.1) is 11.6 Å². The molecule has 2 N–H and O–H groups in total. The lowest BCUT2D eigenvalue weighted by Gasteiger charge is -2.06. The van der Waals surface area contributed by atoms with E-state index in [9.17, 15) is 8.78 Å². The summed E-state index contributed by atoms with van der Waals surface area (Å²) in [5.74, 6) is -1.66. The molecule has 2 aromatic carbocycles. The Morgan fingerprint density at radius 2 is 1.53 bits per heavy atom. The van der Waals surface area contributed by atoms with Crippen LogP contribution in [0.1, 0.15) is 0 Å². The van der Waals surface area contributed by atoms with Gasteiger partial charge in [0.25, 0.3) is 0 Å². The molecule has 0 saturated carbocycles. The molecule has 1 aromatic heterocycles. The largest absolute Gasteiger partial charge is 0.382 e. The average Bonchev–Trinajstić information content (AvgIpc) is 2.41. The number of fused-ring (bicyclic) bond motifs is 1. The van der Waals surface area contributed by atoms with Crippen LogP contribution < -0.4 is 5.73 Å². The molecule has 0 unspecified atom stereocenters. The van der Waals surface area contributed by atoms with Gasteiger partial charge < -0.3 is 5.73 Å². The maximum atomic E-state index is 13.2. The standard InChI is InChI=1S/C14H9F2N3/c15-9-6-5-8(7-10(9)16)13-14(17)19-12-4-2-1-3-11(12)18-13/h1-7H,(H2,17,19). The first-order valence-corrected chi connectivity index (χ1v) is 5.63. The lowest BCUT2D eigenvalue weighted by atomic mass is 10.1. The second-order valence-electron chi connectivity index (χ2n) is 4.08. The first kappa shape index (κ1) is 11.5. The summed E-state index contributed by atoms with van der Waals surface area (Å²) in [4.78, 5) is 8.54. The number of hydrogen-bond acceptors (Lipinski definition) is 3. The van der Waals surface area contributed by atoms with Crippen molar-refractivity contribution in [1.82, 2.24) is 9.97 Å². The van der Waals surface area contributed by atoms with Crippen LogP contribution in [0.3, 0.4) is 0 Å². The Labute approximate surface area is 107 Å². The van der Waals surface area contributed by atoms with Gasteiger partial charge in [0.05, 0.1) is 11.0 Å². The molecule has 0 saturated heterocycles. The van der Waals surface area contributed by atoms with Crippen molar-refractivity contribution in [1.29, 1.82) is 0 Å². The molecule has 0 atom stereocenters. The highest BCUT2D eigenvalue weighted by Crippen LogP contribution is 2.26. The van der Waals surface area contributed by atoms with Gasteiger partial charge in [-0.25, -0.2) is 18.7 Å². The number of nitrogen functional groups attached to an aromatic ring is 1. The molecule has 0 aliphatic heterocycles. The molecule has 3 aromatic rings. The first-order valence-electron chi connectivity index (χ1n) is 5.63. The lowest BCUT2D eigenvalue weighted by molar-refractivity contribution is 0.509. The minimum Gasteiger partial charge on any atom is -0.382 e. The van der Waals surface area contributed by atoms with E-state index in [0.717, 1.165) is 12.1 Å². The van der Waals surface area contributed by atoms with E-state index in [1.54, 1.807) is 12.1 Å². The second kappa shape index (κ2) is 4.28. The van der Waals surface area contributed by atoms with Gasteiger partial charge in [-0.1, -0.05) is 12.1 Å². The summed E-state index contributed by atoms with van der Waals surface area (Å²) in [6.07, 6.45) is 0. The van der Waals surface area contributed by atoms with Gasteiger partial charge in [0.2, 0.25) is 0 Å². The highest BCUT2D eigenvalue weighted by Gasteiger charge is 2.11.